The summed E-state index contributed by atoms with van der Waals surface area (Å²) in [7, 11) is 0. The van der Waals surface area contributed by atoms with Crippen molar-refractivity contribution in [3.05, 3.63) is 52.1 Å². The Bertz CT molecular complexity index is 674. The van der Waals surface area contributed by atoms with E-state index < -0.39 is 68.1 Å². The standard InChI is InChI=1S/C13H4F8S/c1-2-5(14)7(16)3(8(17)6(2)15)4-9(18)11(20)13(22)12(21)10(4)19/h22H,1H3. The molecule has 0 saturated carbocycles. The van der Waals surface area contributed by atoms with E-state index in [1.807, 2.05) is 0 Å². The van der Waals surface area contributed by atoms with Crippen LogP contribution in [0.3, 0.4) is 0 Å². The molecule has 0 aliphatic heterocycles. The van der Waals surface area contributed by atoms with Crippen LogP contribution in [0.4, 0.5) is 35.1 Å². The number of hydrogen-bond acceptors (Lipinski definition) is 1. The lowest BCUT2D eigenvalue weighted by Crippen LogP contribution is -2.08. The number of rotatable bonds is 1. The summed E-state index contributed by atoms with van der Waals surface area (Å²) < 4.78 is 108. The quantitative estimate of drug-likeness (QED) is 0.417. The molecule has 0 saturated heterocycles. The predicted molar refractivity (Wildman–Crippen MR) is 63.5 cm³/mol. The molecule has 0 heterocycles. The summed E-state index contributed by atoms with van der Waals surface area (Å²) in [5, 5.41) is 0. The third-order valence-electron chi connectivity index (χ3n) is 2.97. The van der Waals surface area contributed by atoms with Crippen molar-refractivity contribution >= 4 is 12.6 Å². The van der Waals surface area contributed by atoms with E-state index in [9.17, 15) is 35.1 Å². The van der Waals surface area contributed by atoms with Crippen molar-refractivity contribution in [1.82, 2.24) is 0 Å². The van der Waals surface area contributed by atoms with Gasteiger partial charge in [0.25, 0.3) is 0 Å². The maximum atomic E-state index is 13.7. The number of halogens is 8. The zero-order valence-corrected chi connectivity index (χ0v) is 11.4. The van der Waals surface area contributed by atoms with Gasteiger partial charge < -0.3 is 0 Å². The largest absolute Gasteiger partial charge is 0.203 e. The average Bonchev–Trinajstić information content (AvgIpc) is 2.50. The van der Waals surface area contributed by atoms with Gasteiger partial charge in [-0.1, -0.05) is 0 Å². The number of benzene rings is 2. The molecule has 0 aromatic heterocycles. The maximum absolute atomic E-state index is 13.7. The van der Waals surface area contributed by atoms with E-state index in [0.717, 1.165) is 0 Å². The molecule has 0 unspecified atom stereocenters. The fourth-order valence-electron chi connectivity index (χ4n) is 1.80. The van der Waals surface area contributed by atoms with Crippen LogP contribution in [0.25, 0.3) is 11.1 Å². The van der Waals surface area contributed by atoms with Crippen LogP contribution >= 0.6 is 12.6 Å². The van der Waals surface area contributed by atoms with Gasteiger partial charge in [-0.2, -0.15) is 0 Å². The Labute approximate surface area is 123 Å². The normalized spacial score (nSPS) is 11.2. The molecule has 118 valence electrons. The lowest BCUT2D eigenvalue weighted by atomic mass is 9.99. The Kier molecular flexibility index (Phi) is 4.12. The summed E-state index contributed by atoms with van der Waals surface area (Å²) in [5.74, 6) is -16.8. The van der Waals surface area contributed by atoms with Crippen LogP contribution in [0.5, 0.6) is 0 Å². The average molecular weight is 344 g/mol. The van der Waals surface area contributed by atoms with Gasteiger partial charge in [0, 0.05) is 5.56 Å². The smallest absolute Gasteiger partial charge is 0.175 e. The summed E-state index contributed by atoms with van der Waals surface area (Å²) in [6.45, 7) is 0.672. The fourth-order valence-corrected chi connectivity index (χ4v) is 2.00. The molecule has 0 atom stereocenters. The van der Waals surface area contributed by atoms with Gasteiger partial charge in [-0.15, -0.1) is 12.6 Å². The summed E-state index contributed by atoms with van der Waals surface area (Å²) in [4.78, 5) is -1.38. The molecule has 0 aliphatic rings. The van der Waals surface area contributed by atoms with Gasteiger partial charge in [0.2, 0.25) is 0 Å². The monoisotopic (exact) mass is 344 g/mol. The maximum Gasteiger partial charge on any atom is 0.175 e. The Hall–Kier alpha value is -1.77. The van der Waals surface area contributed by atoms with Crippen molar-refractivity contribution in [1.29, 1.82) is 0 Å². The minimum absolute atomic E-state index is 0.672. The molecule has 0 fully saturated rings. The minimum atomic E-state index is -2.23. The van der Waals surface area contributed by atoms with Crippen LogP contribution in [-0.4, -0.2) is 0 Å². The third kappa shape index (κ3) is 2.15. The van der Waals surface area contributed by atoms with Gasteiger partial charge in [0.05, 0.1) is 16.0 Å². The first-order valence-electron chi connectivity index (χ1n) is 5.49. The van der Waals surface area contributed by atoms with Crippen LogP contribution in [0.2, 0.25) is 0 Å². The van der Waals surface area contributed by atoms with Crippen LogP contribution in [0, 0.1) is 53.5 Å². The van der Waals surface area contributed by atoms with Crippen molar-refractivity contribution < 1.29 is 35.1 Å². The Balaban J connectivity index is 3.03. The van der Waals surface area contributed by atoms with E-state index in [1.165, 1.54) is 0 Å². The molecular formula is C13H4F8S. The third-order valence-corrected chi connectivity index (χ3v) is 3.37. The van der Waals surface area contributed by atoms with E-state index in [2.05, 4.69) is 12.6 Å². The molecule has 0 amide bonds. The fraction of sp³-hybridized carbons (Fsp3) is 0.0769. The number of hydrogen-bond donors (Lipinski definition) is 1. The molecule has 0 radical (unpaired) electrons. The zero-order valence-electron chi connectivity index (χ0n) is 10.5. The highest BCUT2D eigenvalue weighted by molar-refractivity contribution is 7.80. The Morgan fingerprint density at radius 3 is 1.09 bits per heavy atom. The van der Waals surface area contributed by atoms with Crippen LogP contribution in [0.1, 0.15) is 5.56 Å². The molecule has 0 nitrogen and oxygen atoms in total. The molecule has 0 spiro atoms. The first kappa shape index (κ1) is 16.6. The van der Waals surface area contributed by atoms with Crippen LogP contribution < -0.4 is 0 Å². The highest BCUT2D eigenvalue weighted by Gasteiger charge is 2.32. The lowest BCUT2D eigenvalue weighted by Gasteiger charge is -2.13. The van der Waals surface area contributed by atoms with Gasteiger partial charge in [0.1, 0.15) is 0 Å². The Morgan fingerprint density at radius 2 is 0.773 bits per heavy atom. The minimum Gasteiger partial charge on any atom is -0.203 e. The first-order chi connectivity index (χ1) is 10.1. The van der Waals surface area contributed by atoms with Gasteiger partial charge >= 0.3 is 0 Å². The van der Waals surface area contributed by atoms with Crippen molar-refractivity contribution in [3.8, 4) is 11.1 Å². The highest BCUT2D eigenvalue weighted by atomic mass is 32.1. The van der Waals surface area contributed by atoms with Gasteiger partial charge in [-0.3, -0.25) is 0 Å². The topological polar surface area (TPSA) is 0 Å². The summed E-state index contributed by atoms with van der Waals surface area (Å²) in [5.41, 5.74) is -4.88. The highest BCUT2D eigenvalue weighted by Crippen LogP contribution is 2.38. The molecular weight excluding hydrogens is 340 g/mol. The molecule has 0 aliphatic carbocycles. The zero-order chi connectivity index (χ0) is 16.9. The van der Waals surface area contributed by atoms with E-state index >= 15 is 0 Å². The van der Waals surface area contributed by atoms with Crippen molar-refractivity contribution in [2.75, 3.05) is 0 Å². The predicted octanol–water partition coefficient (Wildman–Crippen LogP) is 5.06. The molecule has 2 rings (SSSR count). The lowest BCUT2D eigenvalue weighted by molar-refractivity contribution is 0.422. The van der Waals surface area contributed by atoms with E-state index in [-0.39, 0.29) is 0 Å². The van der Waals surface area contributed by atoms with Crippen molar-refractivity contribution in [2.24, 2.45) is 0 Å². The summed E-state index contributed by atoms with van der Waals surface area (Å²) in [6, 6.07) is 0. The molecule has 9 heteroatoms. The Morgan fingerprint density at radius 1 is 0.500 bits per heavy atom. The second-order valence-electron chi connectivity index (χ2n) is 4.24. The molecule has 2 aromatic rings. The van der Waals surface area contributed by atoms with E-state index in [1.54, 1.807) is 0 Å². The molecule has 22 heavy (non-hydrogen) atoms. The van der Waals surface area contributed by atoms with E-state index in [0.29, 0.717) is 6.92 Å². The molecule has 0 bridgehead atoms. The van der Waals surface area contributed by atoms with Gasteiger partial charge in [0.15, 0.2) is 46.5 Å². The van der Waals surface area contributed by atoms with Crippen LogP contribution in [-0.2, 0) is 0 Å². The van der Waals surface area contributed by atoms with Gasteiger partial charge in [-0.05, 0) is 6.92 Å². The van der Waals surface area contributed by atoms with Crippen molar-refractivity contribution in [3.63, 3.8) is 0 Å². The first-order valence-corrected chi connectivity index (χ1v) is 5.93. The van der Waals surface area contributed by atoms with Crippen molar-refractivity contribution in [2.45, 2.75) is 11.8 Å². The molecule has 2 aromatic carbocycles. The van der Waals surface area contributed by atoms with Crippen LogP contribution in [0.15, 0.2) is 4.90 Å². The second-order valence-corrected chi connectivity index (χ2v) is 4.68. The van der Waals surface area contributed by atoms with E-state index in [4.69, 9.17) is 0 Å². The molecule has 0 N–H and O–H groups in total. The summed E-state index contributed by atoms with van der Waals surface area (Å²) in [6.07, 6.45) is 0. The second kappa shape index (κ2) is 5.45. The summed E-state index contributed by atoms with van der Waals surface area (Å²) >= 11 is 3.15. The SMILES string of the molecule is Cc1c(F)c(F)c(-c2c(F)c(F)c(S)c(F)c2F)c(F)c1F. The van der Waals surface area contributed by atoms with Gasteiger partial charge in [-0.25, -0.2) is 35.1 Å². The number of thiol groups is 1.